The lowest BCUT2D eigenvalue weighted by Crippen LogP contribution is -2.39. The Hall–Kier alpha value is -5.50. The van der Waals surface area contributed by atoms with E-state index >= 15 is 0 Å². The molecule has 230 valence electrons. The summed E-state index contributed by atoms with van der Waals surface area (Å²) in [6.45, 7) is 2.09. The van der Waals surface area contributed by atoms with Crippen LogP contribution in [0.15, 0.2) is 36.9 Å². The van der Waals surface area contributed by atoms with Crippen molar-refractivity contribution in [3.63, 3.8) is 0 Å². The highest BCUT2D eigenvalue weighted by atomic mass is 19.4. The van der Waals surface area contributed by atoms with Crippen molar-refractivity contribution < 1.29 is 32.3 Å². The van der Waals surface area contributed by atoms with Crippen LogP contribution in [0.25, 0.3) is 16.9 Å². The Morgan fingerprint density at radius 3 is 2.66 bits per heavy atom. The lowest BCUT2D eigenvalue weighted by molar-refractivity contribution is -0.141. The van der Waals surface area contributed by atoms with Crippen LogP contribution in [-0.2, 0) is 22.3 Å². The number of anilines is 2. The second kappa shape index (κ2) is 13.2. The van der Waals surface area contributed by atoms with Crippen LogP contribution in [0.1, 0.15) is 21.6 Å². The lowest BCUT2D eigenvalue weighted by Gasteiger charge is -2.16. The monoisotopic (exact) mass is 612 g/mol. The Bertz CT molecular complexity index is 1740. The summed E-state index contributed by atoms with van der Waals surface area (Å²) in [5, 5.41) is 20.6. The predicted octanol–water partition coefficient (Wildman–Crippen LogP) is 2.13. The van der Waals surface area contributed by atoms with Crippen molar-refractivity contribution in [1.29, 1.82) is 5.26 Å². The molecule has 0 saturated heterocycles. The molecule has 0 atom stereocenters. The number of rotatable bonds is 12. The summed E-state index contributed by atoms with van der Waals surface area (Å²) in [4.78, 5) is 46.6. The van der Waals surface area contributed by atoms with Crippen molar-refractivity contribution in [2.45, 2.75) is 19.6 Å². The first-order valence-electron chi connectivity index (χ1n) is 13.0. The van der Waals surface area contributed by atoms with Gasteiger partial charge in [0.05, 0.1) is 35.8 Å². The average Bonchev–Trinajstić information content (AvgIpc) is 3.59. The van der Waals surface area contributed by atoms with Crippen LogP contribution in [-0.4, -0.2) is 81.1 Å². The highest BCUT2D eigenvalue weighted by molar-refractivity contribution is 5.99. The number of nitriles is 1. The number of carbonyl (C=O) groups excluding carboxylic acids is 3. The van der Waals surface area contributed by atoms with Crippen LogP contribution < -0.4 is 20.7 Å². The minimum absolute atomic E-state index is 0.0178. The molecule has 0 fully saturated rings. The number of imidazole rings is 1. The largest absolute Gasteiger partial charge is 0.435 e. The third kappa shape index (κ3) is 6.93. The number of aromatic nitrogens is 5. The molecular weight excluding hydrogens is 585 g/mol. The summed E-state index contributed by atoms with van der Waals surface area (Å²) < 4.78 is 48.7. The lowest BCUT2D eigenvalue weighted by atomic mass is 10.1. The molecule has 1 aromatic carbocycles. The zero-order chi connectivity index (χ0) is 32.0. The van der Waals surface area contributed by atoms with Crippen LogP contribution >= 0.6 is 0 Å². The third-order valence-corrected chi connectivity index (χ3v) is 6.33. The molecule has 3 aromatic heterocycles. The van der Waals surface area contributed by atoms with E-state index in [4.69, 9.17) is 10.00 Å². The fraction of sp³-hybridized carbons (Fsp3) is 0.296. The third-order valence-electron chi connectivity index (χ3n) is 6.33. The zero-order valence-electron chi connectivity index (χ0n) is 23.8. The van der Waals surface area contributed by atoms with Crippen LogP contribution in [0.4, 0.5) is 24.7 Å². The Morgan fingerprint density at radius 1 is 1.20 bits per heavy atom. The maximum absolute atomic E-state index is 13.8. The SMILES string of the molecule is Cc1c(C(=O)NCC(=O)NCCN(C)C)ccc(Nc2nccn3c(-c4cn(CC#N)nc4C(F)(F)F)cnc23)c1OC=O. The standard InChI is InChI=1S/C27H27F3N10O4/c1-16-17(26(43)35-13-21(42)32-7-10-38(2)3)4-5-19(22(16)44-15-41)36-24-25-34-12-20(40(25)11-8-33-24)18-14-39(9-6-31)37-23(18)27(28,29)30/h4-5,8,11-12,14-15H,7,9-10,13H2,1-3H3,(H,32,42)(H,33,36)(H,35,43). The van der Waals surface area contributed by atoms with E-state index in [9.17, 15) is 27.6 Å². The van der Waals surface area contributed by atoms with Gasteiger partial charge >= 0.3 is 6.18 Å². The van der Waals surface area contributed by atoms with E-state index in [0.717, 1.165) is 10.9 Å². The number of hydrogen-bond donors (Lipinski definition) is 3. The highest BCUT2D eigenvalue weighted by Crippen LogP contribution is 2.38. The van der Waals surface area contributed by atoms with Gasteiger partial charge in [0.25, 0.3) is 12.4 Å². The molecule has 44 heavy (non-hydrogen) atoms. The Labute approximate surface area is 248 Å². The van der Waals surface area contributed by atoms with Crippen LogP contribution in [0.2, 0.25) is 0 Å². The molecule has 2 amide bonds. The number of benzene rings is 1. The van der Waals surface area contributed by atoms with Crippen LogP contribution in [0.3, 0.4) is 0 Å². The van der Waals surface area contributed by atoms with E-state index in [-0.39, 0.29) is 70.8 Å². The van der Waals surface area contributed by atoms with Gasteiger partial charge in [-0.15, -0.1) is 0 Å². The van der Waals surface area contributed by atoms with Gasteiger partial charge in [-0.2, -0.15) is 23.5 Å². The number of alkyl halides is 3. The van der Waals surface area contributed by atoms with Crippen molar-refractivity contribution in [1.82, 2.24) is 39.7 Å². The number of ether oxygens (including phenoxy) is 1. The topological polar surface area (TPSA) is 172 Å². The number of likely N-dealkylation sites (N-methyl/N-ethyl adjacent to an activating group) is 1. The molecule has 0 aliphatic heterocycles. The van der Waals surface area contributed by atoms with Gasteiger partial charge in [0, 0.05) is 42.8 Å². The first kappa shape index (κ1) is 31.4. The number of halogens is 3. The summed E-state index contributed by atoms with van der Waals surface area (Å²) >= 11 is 0. The first-order chi connectivity index (χ1) is 20.9. The van der Waals surface area contributed by atoms with Crippen molar-refractivity contribution in [3.8, 4) is 23.1 Å². The summed E-state index contributed by atoms with van der Waals surface area (Å²) in [5.41, 5.74) is -0.700. The molecule has 3 heterocycles. The maximum Gasteiger partial charge on any atom is 0.435 e. The van der Waals surface area contributed by atoms with E-state index in [1.54, 1.807) is 6.07 Å². The van der Waals surface area contributed by atoms with Gasteiger partial charge in [-0.1, -0.05) is 0 Å². The molecule has 14 nitrogen and oxygen atoms in total. The summed E-state index contributed by atoms with van der Waals surface area (Å²) in [7, 11) is 3.72. The second-order valence-corrected chi connectivity index (χ2v) is 9.65. The smallest absolute Gasteiger partial charge is 0.426 e. The van der Waals surface area contributed by atoms with Gasteiger partial charge in [0.15, 0.2) is 22.9 Å². The van der Waals surface area contributed by atoms with E-state index in [2.05, 4.69) is 31.0 Å². The number of carbonyl (C=O) groups is 3. The minimum Gasteiger partial charge on any atom is -0.426 e. The fourth-order valence-electron chi connectivity index (χ4n) is 4.28. The molecule has 0 radical (unpaired) electrons. The van der Waals surface area contributed by atoms with E-state index in [1.165, 1.54) is 42.0 Å². The van der Waals surface area contributed by atoms with Crippen molar-refractivity contribution in [2.75, 3.05) is 39.0 Å². The Morgan fingerprint density at radius 2 is 1.98 bits per heavy atom. The summed E-state index contributed by atoms with van der Waals surface area (Å²) in [5.74, 6) is -0.879. The van der Waals surface area contributed by atoms with Crippen molar-refractivity contribution in [3.05, 3.63) is 53.7 Å². The number of fused-ring (bicyclic) bond motifs is 1. The number of hydrogen-bond acceptors (Lipinski definition) is 10. The number of amides is 2. The summed E-state index contributed by atoms with van der Waals surface area (Å²) in [6.07, 6.45) is 0.259. The molecule has 3 N–H and O–H groups in total. The molecule has 0 aliphatic carbocycles. The maximum atomic E-state index is 13.8. The second-order valence-electron chi connectivity index (χ2n) is 9.65. The van der Waals surface area contributed by atoms with Gasteiger partial charge in [0.2, 0.25) is 5.91 Å². The normalized spacial score (nSPS) is 11.3. The van der Waals surface area contributed by atoms with Crippen LogP contribution in [0, 0.1) is 18.3 Å². The van der Waals surface area contributed by atoms with Crippen molar-refractivity contribution in [2.24, 2.45) is 0 Å². The van der Waals surface area contributed by atoms with Crippen molar-refractivity contribution >= 4 is 35.4 Å². The zero-order valence-corrected chi connectivity index (χ0v) is 23.8. The van der Waals surface area contributed by atoms with Gasteiger partial charge in [-0.05, 0) is 33.2 Å². The molecule has 0 spiro atoms. The molecule has 0 unspecified atom stereocenters. The Kier molecular flexibility index (Phi) is 9.44. The van der Waals surface area contributed by atoms with Crippen LogP contribution in [0.5, 0.6) is 5.75 Å². The van der Waals surface area contributed by atoms with Gasteiger partial charge in [-0.25, -0.2) is 9.97 Å². The number of nitrogens with one attached hydrogen (secondary N) is 3. The number of nitrogens with zero attached hydrogens (tertiary/aromatic N) is 7. The quantitative estimate of drug-likeness (QED) is 0.201. The molecule has 0 saturated carbocycles. The predicted molar refractivity (Wildman–Crippen MR) is 150 cm³/mol. The average molecular weight is 613 g/mol. The minimum atomic E-state index is -4.79. The van der Waals surface area contributed by atoms with Gasteiger partial charge < -0.3 is 25.6 Å². The fourth-order valence-corrected chi connectivity index (χ4v) is 4.28. The van der Waals surface area contributed by atoms with Gasteiger partial charge in [-0.3, -0.25) is 23.5 Å². The van der Waals surface area contributed by atoms with E-state index in [1.807, 2.05) is 19.0 Å². The Balaban J connectivity index is 1.62. The first-order valence-corrected chi connectivity index (χ1v) is 13.0. The highest BCUT2D eigenvalue weighted by Gasteiger charge is 2.38. The summed E-state index contributed by atoms with van der Waals surface area (Å²) in [6, 6.07) is 4.65. The molecule has 0 bridgehead atoms. The van der Waals surface area contributed by atoms with E-state index in [0.29, 0.717) is 13.1 Å². The molecule has 4 aromatic rings. The molecule has 17 heteroatoms. The van der Waals surface area contributed by atoms with Gasteiger partial charge in [0.1, 0.15) is 6.54 Å². The molecular formula is C27H27F3N10O4. The van der Waals surface area contributed by atoms with E-state index < -0.39 is 17.8 Å². The molecule has 4 rings (SSSR count). The molecule has 0 aliphatic rings.